The summed E-state index contributed by atoms with van der Waals surface area (Å²) in [6, 6.07) is 0. The molecular weight excluding hydrogens is 167 g/mol. The smallest absolute Gasteiger partial charge is 0.218 e. The minimum atomic E-state index is 0. The summed E-state index contributed by atoms with van der Waals surface area (Å²) in [5.41, 5.74) is 0. The molecule has 0 aromatic carbocycles. The van der Waals surface area contributed by atoms with Crippen LogP contribution in [-0.2, 0) is 37.5 Å². The SMILES string of the molecule is CC(=O)N(C)C.[Y]. The van der Waals surface area contributed by atoms with Crippen LogP contribution in [0.5, 0.6) is 0 Å². The second-order valence-corrected chi connectivity index (χ2v) is 1.41. The molecule has 0 heterocycles. The van der Waals surface area contributed by atoms with Gasteiger partial charge in [0.05, 0.1) is 0 Å². The second kappa shape index (κ2) is 4.73. The van der Waals surface area contributed by atoms with Crippen molar-refractivity contribution in [2.24, 2.45) is 0 Å². The number of hydrogen-bond donors (Lipinski definition) is 0. The van der Waals surface area contributed by atoms with Gasteiger partial charge in [0.2, 0.25) is 5.91 Å². The van der Waals surface area contributed by atoms with E-state index < -0.39 is 0 Å². The molecule has 0 saturated carbocycles. The largest absolute Gasteiger partial charge is 0.349 e. The van der Waals surface area contributed by atoms with Crippen LogP contribution in [0, 0.1) is 0 Å². The number of rotatable bonds is 0. The van der Waals surface area contributed by atoms with E-state index in [1.54, 1.807) is 14.1 Å². The van der Waals surface area contributed by atoms with Crippen LogP contribution >= 0.6 is 0 Å². The predicted octanol–water partition coefficient (Wildman–Crippen LogP) is 0.0920. The number of carbonyl (C=O) groups excluding carboxylic acids is 1. The van der Waals surface area contributed by atoms with Crippen molar-refractivity contribution in [1.29, 1.82) is 0 Å². The van der Waals surface area contributed by atoms with Crippen LogP contribution in [-0.4, -0.2) is 24.9 Å². The Bertz CT molecular complexity index is 62.7. The first-order chi connectivity index (χ1) is 2.64. The summed E-state index contributed by atoms with van der Waals surface area (Å²) in [6.45, 7) is 1.53. The number of hydrogen-bond acceptors (Lipinski definition) is 1. The normalized spacial score (nSPS) is 6.71. The molecule has 0 atom stereocenters. The summed E-state index contributed by atoms with van der Waals surface area (Å²) in [5, 5.41) is 0. The molecule has 0 saturated heterocycles. The molecule has 0 aliphatic heterocycles. The summed E-state index contributed by atoms with van der Waals surface area (Å²) >= 11 is 0. The van der Waals surface area contributed by atoms with Crippen molar-refractivity contribution in [3.05, 3.63) is 0 Å². The fourth-order valence-corrected chi connectivity index (χ4v) is 0. The van der Waals surface area contributed by atoms with Crippen molar-refractivity contribution in [3.63, 3.8) is 0 Å². The molecule has 0 rings (SSSR count). The summed E-state index contributed by atoms with van der Waals surface area (Å²) in [4.78, 5) is 11.6. The second-order valence-electron chi connectivity index (χ2n) is 1.41. The van der Waals surface area contributed by atoms with Crippen LogP contribution in [0.3, 0.4) is 0 Å². The Morgan fingerprint density at radius 1 is 1.43 bits per heavy atom. The zero-order chi connectivity index (χ0) is 5.15. The van der Waals surface area contributed by atoms with Gasteiger partial charge in [-0.1, -0.05) is 0 Å². The maximum atomic E-state index is 10.1. The van der Waals surface area contributed by atoms with Crippen LogP contribution in [0.1, 0.15) is 6.92 Å². The molecule has 3 heteroatoms. The zero-order valence-electron chi connectivity index (χ0n) is 4.93. The van der Waals surface area contributed by atoms with Crippen molar-refractivity contribution in [2.75, 3.05) is 14.1 Å². The number of amides is 1. The molecule has 2 nitrogen and oxygen atoms in total. The van der Waals surface area contributed by atoms with E-state index in [1.807, 2.05) is 0 Å². The standard InChI is InChI=1S/C4H9NO.Y/c1-4(6)5(2)3;/h1-3H3;. The average Bonchev–Trinajstić information content (AvgIpc) is 1.36. The molecule has 0 bridgehead atoms. The fourth-order valence-electron chi connectivity index (χ4n) is 0. The number of carbonyl (C=O) groups is 1. The van der Waals surface area contributed by atoms with E-state index in [1.165, 1.54) is 11.8 Å². The van der Waals surface area contributed by atoms with Gasteiger partial charge in [-0.25, -0.2) is 0 Å². The average molecular weight is 176 g/mol. The molecule has 0 spiro atoms. The van der Waals surface area contributed by atoms with Gasteiger partial charge >= 0.3 is 0 Å². The Morgan fingerprint density at radius 2 is 1.57 bits per heavy atom. The molecule has 1 radical (unpaired) electrons. The maximum Gasteiger partial charge on any atom is 0.218 e. The van der Waals surface area contributed by atoms with Gasteiger partial charge in [0, 0.05) is 53.7 Å². The van der Waals surface area contributed by atoms with E-state index in [-0.39, 0.29) is 38.6 Å². The Hall–Kier alpha value is 0.574. The van der Waals surface area contributed by atoms with Crippen LogP contribution in [0.2, 0.25) is 0 Å². The zero-order valence-corrected chi connectivity index (χ0v) is 7.77. The third-order valence-electron chi connectivity index (χ3n) is 0.630. The number of nitrogens with zero attached hydrogens (tertiary/aromatic N) is 1. The van der Waals surface area contributed by atoms with E-state index in [0.29, 0.717) is 0 Å². The molecule has 1 amide bonds. The molecule has 0 aliphatic rings. The van der Waals surface area contributed by atoms with Crippen molar-refractivity contribution < 1.29 is 37.5 Å². The molecule has 0 aliphatic carbocycles. The van der Waals surface area contributed by atoms with Gasteiger partial charge < -0.3 is 4.90 Å². The van der Waals surface area contributed by atoms with E-state index >= 15 is 0 Å². The van der Waals surface area contributed by atoms with Gasteiger partial charge in [-0.3, -0.25) is 4.79 Å². The topological polar surface area (TPSA) is 20.3 Å². The van der Waals surface area contributed by atoms with Crippen LogP contribution in [0.4, 0.5) is 0 Å². The van der Waals surface area contributed by atoms with Crippen molar-refractivity contribution >= 4 is 5.91 Å². The van der Waals surface area contributed by atoms with E-state index in [0.717, 1.165) is 0 Å². The molecule has 0 aromatic rings. The Morgan fingerprint density at radius 3 is 1.57 bits per heavy atom. The quantitative estimate of drug-likeness (QED) is 0.512. The molecule has 7 heavy (non-hydrogen) atoms. The monoisotopic (exact) mass is 176 g/mol. The summed E-state index contributed by atoms with van der Waals surface area (Å²) in [7, 11) is 3.45. The third kappa shape index (κ3) is 6.57. The fraction of sp³-hybridized carbons (Fsp3) is 0.750. The summed E-state index contributed by atoms with van der Waals surface area (Å²) in [6.07, 6.45) is 0. The maximum absolute atomic E-state index is 10.1. The first kappa shape index (κ1) is 10.5. The Kier molecular flexibility index (Phi) is 7.11. The van der Waals surface area contributed by atoms with Gasteiger partial charge in [0.25, 0.3) is 0 Å². The van der Waals surface area contributed by atoms with Crippen LogP contribution < -0.4 is 0 Å². The van der Waals surface area contributed by atoms with Gasteiger partial charge in [0.1, 0.15) is 0 Å². The van der Waals surface area contributed by atoms with E-state index in [2.05, 4.69) is 0 Å². The van der Waals surface area contributed by atoms with Gasteiger partial charge in [-0.05, 0) is 0 Å². The molecule has 0 unspecified atom stereocenters. The van der Waals surface area contributed by atoms with Gasteiger partial charge in [0.15, 0.2) is 0 Å². The summed E-state index contributed by atoms with van der Waals surface area (Å²) < 4.78 is 0. The van der Waals surface area contributed by atoms with Crippen LogP contribution in [0.15, 0.2) is 0 Å². The van der Waals surface area contributed by atoms with Crippen molar-refractivity contribution in [2.45, 2.75) is 6.92 Å². The molecule has 39 valence electrons. The first-order valence-corrected chi connectivity index (χ1v) is 1.82. The minimum Gasteiger partial charge on any atom is -0.349 e. The third-order valence-corrected chi connectivity index (χ3v) is 0.630. The Labute approximate surface area is 69.1 Å². The van der Waals surface area contributed by atoms with Crippen LogP contribution in [0.25, 0.3) is 0 Å². The molecule has 0 aromatic heterocycles. The first-order valence-electron chi connectivity index (χ1n) is 1.82. The van der Waals surface area contributed by atoms with Crippen molar-refractivity contribution in [1.82, 2.24) is 4.90 Å². The minimum absolute atomic E-state index is 0. The predicted molar refractivity (Wildman–Crippen MR) is 24.4 cm³/mol. The summed E-state index contributed by atoms with van der Waals surface area (Å²) in [5.74, 6) is 0.0926. The molecule has 0 N–H and O–H groups in total. The Balaban J connectivity index is 0. The van der Waals surface area contributed by atoms with E-state index in [4.69, 9.17) is 0 Å². The van der Waals surface area contributed by atoms with Gasteiger partial charge in [-0.2, -0.15) is 0 Å². The van der Waals surface area contributed by atoms with E-state index in [9.17, 15) is 4.79 Å². The van der Waals surface area contributed by atoms with Gasteiger partial charge in [-0.15, -0.1) is 0 Å². The molecule has 0 fully saturated rings. The molecular formula is C4H9NOY. The van der Waals surface area contributed by atoms with Crippen molar-refractivity contribution in [3.8, 4) is 0 Å².